The van der Waals surface area contributed by atoms with E-state index >= 15 is 0 Å². The zero-order valence-corrected chi connectivity index (χ0v) is 78.3. The van der Waals surface area contributed by atoms with Crippen LogP contribution in [0, 0.1) is 96.9 Å². The van der Waals surface area contributed by atoms with Crippen LogP contribution in [0.3, 0.4) is 0 Å². The fourth-order valence-corrected chi connectivity index (χ4v) is 11.9. The molecular weight excluding hydrogens is 1500 g/mol. The van der Waals surface area contributed by atoms with Gasteiger partial charge in [0.25, 0.3) is 0 Å². The standard InChI is InChI=1S/C9H11N3.4C9H8N2.C9H9NO.C9H9NS.C8H8N2O.C8H8N2S.9C2H6/c1-6-4-8-9(10-5-6)12(3)7(2)11-8;1-7-3-2-4-8-5-10-11-6-9(7)8;1-7-3-2-4-9-8(7)5-6-10-11-9;1-7-3-2-4-8-5-6-10-11-9(7)8;1-7-6-10-11-9-5-3-2-4-8(7)9;2*1-6-3-4-9-8(5-6)10-7(2)11-9;2*1-5-3-4-7-8(9-5)10-6(2)11-7;9*1-2/h4-5H,1-3H3;4*2-6H,1H3;2*3-5H,1-2H3;2*3-4H,1-2H3;9*1-2H3. The predicted molar refractivity (Wildman–Crippen MR) is 508 cm³/mol. The molecule has 0 amide bonds. The topological polar surface area (TPSA) is 237 Å². The number of aryl methyl sites for hydroxylation is 15. The molecule has 0 saturated carbocycles. The average molecular weight is 1630 g/mol. The molecule has 18 rings (SSSR count). The zero-order valence-electron chi connectivity index (χ0n) is 76.7. The predicted octanol–water partition coefficient (Wildman–Crippen LogP) is 28.1. The molecule has 0 fully saturated rings. The molecule has 12 heterocycles. The second kappa shape index (κ2) is 59.0. The summed E-state index contributed by atoms with van der Waals surface area (Å²) in [4.78, 5) is 34.1. The summed E-state index contributed by atoms with van der Waals surface area (Å²) in [6, 6.07) is 52.5. The number of thiazole rings is 2. The molecule has 21 heteroatoms. The monoisotopic (exact) mass is 1630 g/mol. The van der Waals surface area contributed by atoms with Crippen LogP contribution in [0.15, 0.2) is 204 Å². The van der Waals surface area contributed by atoms with Crippen LogP contribution >= 0.6 is 22.7 Å². The number of hydrogen-bond acceptors (Lipinski definition) is 20. The van der Waals surface area contributed by atoms with Crippen molar-refractivity contribution in [1.29, 1.82) is 0 Å². The van der Waals surface area contributed by atoms with Crippen molar-refractivity contribution in [1.82, 2.24) is 85.2 Å². The Kier molecular flexibility index (Phi) is 52.2. The quantitative estimate of drug-likeness (QED) is 0.137. The molecule has 628 valence electrons. The number of hydrogen-bond donors (Lipinski definition) is 0. The Morgan fingerprint density at radius 1 is 0.305 bits per heavy atom. The normalized spacial score (nSPS) is 9.40. The van der Waals surface area contributed by atoms with E-state index in [2.05, 4.69) is 150 Å². The van der Waals surface area contributed by atoms with Gasteiger partial charge in [-0.25, -0.2) is 34.9 Å². The number of pyridine rings is 3. The molecule has 0 aliphatic carbocycles. The van der Waals surface area contributed by atoms with E-state index in [-0.39, 0.29) is 0 Å². The number of fused-ring (bicyclic) bond motifs is 9. The largest absolute Gasteiger partial charge is 0.441 e. The van der Waals surface area contributed by atoms with Crippen LogP contribution in [-0.4, -0.2) is 85.2 Å². The first-order valence-electron chi connectivity index (χ1n) is 41.2. The van der Waals surface area contributed by atoms with E-state index in [0.29, 0.717) is 11.5 Å². The fourth-order valence-electron chi connectivity index (χ4n) is 10.3. The Labute approximate surface area is 711 Å². The molecule has 6 aromatic carbocycles. The highest BCUT2D eigenvalue weighted by molar-refractivity contribution is 7.18. The average Bonchev–Trinajstić information content (AvgIpc) is 1.71. The SMILES string of the molecule is CC.CC.CC.CC.CC.CC.CC.CC.CC.Cc1ccc2oc(C)nc2c1.Cc1ccc2oc(C)nc2n1.Cc1ccc2sc(C)nc2c1.Cc1ccc2sc(C)nc2n1.Cc1cccc2ccnnc12.Cc1cccc2cnncc12.Cc1cccc2nnccc12.Cc1cnc2c(c1)nc(C)n2C.Cc1cnnc2ccccc12. The van der Waals surface area contributed by atoms with Gasteiger partial charge >= 0.3 is 0 Å². The first-order chi connectivity index (χ1) is 57.2. The molecule has 0 radical (unpaired) electrons. The van der Waals surface area contributed by atoms with Gasteiger partial charge in [-0.15, -0.1) is 22.7 Å². The third kappa shape index (κ3) is 33.9. The van der Waals surface area contributed by atoms with E-state index in [4.69, 9.17) is 8.83 Å². The Morgan fingerprint density at radius 2 is 0.797 bits per heavy atom. The highest BCUT2D eigenvalue weighted by Crippen LogP contribution is 2.24. The Morgan fingerprint density at radius 3 is 1.45 bits per heavy atom. The van der Waals surface area contributed by atoms with Crippen LogP contribution < -0.4 is 0 Å². The fraction of sp³-hybridized carbons (Fsp3) is 0.340. The number of aromatic nitrogens is 17. The summed E-state index contributed by atoms with van der Waals surface area (Å²) in [5.41, 5.74) is 20.6. The van der Waals surface area contributed by atoms with Crippen molar-refractivity contribution in [3.8, 4) is 0 Å². The lowest BCUT2D eigenvalue weighted by molar-refractivity contribution is 0.560. The van der Waals surface area contributed by atoms with Crippen molar-refractivity contribution >= 4 is 120 Å². The number of oxazole rings is 2. The maximum absolute atomic E-state index is 5.31. The van der Waals surface area contributed by atoms with Crippen LogP contribution in [0.1, 0.15) is 203 Å². The van der Waals surface area contributed by atoms with Crippen molar-refractivity contribution in [2.45, 2.75) is 222 Å². The van der Waals surface area contributed by atoms with E-state index in [1.807, 2.05) is 328 Å². The minimum atomic E-state index is 0.665. The first kappa shape index (κ1) is 104. The van der Waals surface area contributed by atoms with E-state index < -0.39 is 0 Å². The van der Waals surface area contributed by atoms with Crippen LogP contribution in [0.25, 0.3) is 97.5 Å². The van der Waals surface area contributed by atoms with E-state index in [9.17, 15) is 0 Å². The van der Waals surface area contributed by atoms with Crippen LogP contribution in [0.4, 0.5) is 0 Å². The highest BCUT2D eigenvalue weighted by atomic mass is 32.1. The van der Waals surface area contributed by atoms with Crippen molar-refractivity contribution < 1.29 is 8.83 Å². The summed E-state index contributed by atoms with van der Waals surface area (Å²) < 4.78 is 15.0. The van der Waals surface area contributed by atoms with E-state index in [1.165, 1.54) is 58.9 Å². The second-order valence-corrected chi connectivity index (χ2v) is 26.2. The molecule has 18 aromatic rings. The first-order valence-corrected chi connectivity index (χ1v) is 42.9. The smallest absolute Gasteiger partial charge is 0.199 e. The van der Waals surface area contributed by atoms with Gasteiger partial charge in [0.15, 0.2) is 39.9 Å². The van der Waals surface area contributed by atoms with Crippen molar-refractivity contribution in [2.75, 3.05) is 0 Å². The summed E-state index contributed by atoms with van der Waals surface area (Å²) in [5.74, 6) is 2.40. The molecular formula is C97H131N17O2S2. The van der Waals surface area contributed by atoms with Gasteiger partial charge in [-0.1, -0.05) is 203 Å². The van der Waals surface area contributed by atoms with Gasteiger partial charge in [-0.05, 0) is 201 Å². The van der Waals surface area contributed by atoms with Crippen molar-refractivity contribution in [3.05, 3.63) is 273 Å². The highest BCUT2D eigenvalue weighted by Gasteiger charge is 2.07. The van der Waals surface area contributed by atoms with Crippen LogP contribution in [0.2, 0.25) is 0 Å². The van der Waals surface area contributed by atoms with Gasteiger partial charge in [0.2, 0.25) is 0 Å². The molecule has 0 bridgehead atoms. The molecule has 0 aliphatic rings. The third-order valence-corrected chi connectivity index (χ3v) is 17.3. The molecule has 0 aliphatic heterocycles. The van der Waals surface area contributed by atoms with Crippen molar-refractivity contribution in [2.24, 2.45) is 7.05 Å². The van der Waals surface area contributed by atoms with Gasteiger partial charge in [-0.2, -0.15) is 45.8 Å². The molecule has 0 N–H and O–H groups in total. The summed E-state index contributed by atoms with van der Waals surface area (Å²) in [6.07, 6.45) is 10.6. The summed E-state index contributed by atoms with van der Waals surface area (Å²) >= 11 is 3.44. The molecule has 0 unspecified atom stereocenters. The molecule has 12 aromatic heterocycles. The van der Waals surface area contributed by atoms with Gasteiger partial charge in [-0.3, -0.25) is 0 Å². The number of benzene rings is 6. The lowest BCUT2D eigenvalue weighted by atomic mass is 10.1. The van der Waals surface area contributed by atoms with Gasteiger partial charge in [0, 0.05) is 65.4 Å². The minimum Gasteiger partial charge on any atom is -0.441 e. The summed E-state index contributed by atoms with van der Waals surface area (Å²) in [7, 11) is 1.98. The number of rotatable bonds is 0. The van der Waals surface area contributed by atoms with Crippen LogP contribution in [-0.2, 0) is 7.05 Å². The zero-order chi connectivity index (χ0) is 88.8. The molecule has 118 heavy (non-hydrogen) atoms. The van der Waals surface area contributed by atoms with Crippen molar-refractivity contribution in [3.63, 3.8) is 0 Å². The lowest BCUT2D eigenvalue weighted by Crippen LogP contribution is -1.91. The molecule has 0 spiro atoms. The van der Waals surface area contributed by atoms with E-state index in [1.54, 1.807) is 53.7 Å². The third-order valence-electron chi connectivity index (χ3n) is 15.4. The lowest BCUT2D eigenvalue weighted by Gasteiger charge is -1.97. The second-order valence-electron chi connectivity index (χ2n) is 23.7. The van der Waals surface area contributed by atoms with Gasteiger partial charge in [0.05, 0.1) is 72.5 Å². The Hall–Kier alpha value is -11.7. The minimum absolute atomic E-state index is 0.665. The summed E-state index contributed by atoms with van der Waals surface area (Å²) in [5, 5.41) is 39.2. The van der Waals surface area contributed by atoms with Crippen LogP contribution in [0.5, 0.6) is 0 Å². The van der Waals surface area contributed by atoms with Gasteiger partial charge < -0.3 is 13.4 Å². The van der Waals surface area contributed by atoms with E-state index in [0.717, 1.165) is 105 Å². The number of imidazole rings is 1. The maximum Gasteiger partial charge on any atom is 0.199 e. The molecule has 19 nitrogen and oxygen atoms in total. The molecule has 0 atom stereocenters. The molecule has 0 saturated heterocycles. The van der Waals surface area contributed by atoms with Gasteiger partial charge in [0.1, 0.15) is 16.9 Å². The number of nitrogens with zero attached hydrogens (tertiary/aromatic N) is 17. The maximum atomic E-state index is 5.31. The summed E-state index contributed by atoms with van der Waals surface area (Å²) in [6.45, 7) is 64.0. The Bertz CT molecular complexity index is 5130. The Balaban J connectivity index is 0.000000647.